The van der Waals surface area contributed by atoms with Gasteiger partial charge in [0.1, 0.15) is 0 Å². The van der Waals surface area contributed by atoms with Gasteiger partial charge in [0.2, 0.25) is 5.91 Å². The van der Waals surface area contributed by atoms with Gasteiger partial charge in [0, 0.05) is 18.8 Å². The van der Waals surface area contributed by atoms with E-state index in [2.05, 4.69) is 10.2 Å². The number of alkyl halides is 3. The maximum Gasteiger partial charge on any atom is 0.416 e. The number of hydrogen-bond donors (Lipinski definition) is 1. The van der Waals surface area contributed by atoms with Crippen molar-refractivity contribution in [1.82, 2.24) is 4.90 Å². The lowest BCUT2D eigenvalue weighted by Gasteiger charge is -2.22. The van der Waals surface area contributed by atoms with Gasteiger partial charge in [-0.15, -0.1) is 0 Å². The summed E-state index contributed by atoms with van der Waals surface area (Å²) in [6.45, 7) is 1.86. The Kier molecular flexibility index (Phi) is 3.61. The Balaban J connectivity index is 1.51. The normalized spacial score (nSPS) is 23.1. The fourth-order valence-corrected chi connectivity index (χ4v) is 3.86. The molecule has 1 saturated heterocycles. The number of fused-ring (bicyclic) bond motifs is 2. The van der Waals surface area contributed by atoms with Gasteiger partial charge in [-0.3, -0.25) is 9.69 Å². The molecule has 2 heterocycles. The number of nitrogens with one attached hydrogen (secondary N) is 1. The maximum atomic E-state index is 12.7. The lowest BCUT2D eigenvalue weighted by atomic mass is 9.81. The van der Waals surface area contributed by atoms with Crippen molar-refractivity contribution in [2.75, 3.05) is 18.4 Å². The molecule has 2 aromatic rings. The highest BCUT2D eigenvalue weighted by Crippen LogP contribution is 2.44. The molecule has 1 amide bonds. The fourth-order valence-electron chi connectivity index (χ4n) is 3.86. The van der Waals surface area contributed by atoms with Gasteiger partial charge in [0.05, 0.1) is 11.0 Å². The van der Waals surface area contributed by atoms with Gasteiger partial charge in [0.15, 0.2) is 0 Å². The van der Waals surface area contributed by atoms with Crippen molar-refractivity contribution in [3.8, 4) is 0 Å². The van der Waals surface area contributed by atoms with Crippen molar-refractivity contribution < 1.29 is 18.0 Å². The number of rotatable bonds is 2. The Bertz CT molecular complexity index is 816. The third-order valence-electron chi connectivity index (χ3n) is 5.16. The topological polar surface area (TPSA) is 32.3 Å². The largest absolute Gasteiger partial charge is 0.416 e. The van der Waals surface area contributed by atoms with Crippen LogP contribution in [-0.2, 0) is 22.9 Å². The number of carbonyl (C=O) groups excluding carboxylic acids is 1. The summed E-state index contributed by atoms with van der Waals surface area (Å²) in [6.07, 6.45) is -3.60. The standard InChI is InChI=1S/C19H17F3N2O/c20-19(21,22)14-7-5-13(6-8-14)11-24-10-9-18(12-24)15-3-1-2-4-16(15)23-17(18)25/h1-8H,9-12H2,(H,23,25). The second kappa shape index (κ2) is 5.59. The average Bonchev–Trinajstić information content (AvgIpc) is 3.11. The lowest BCUT2D eigenvalue weighted by Crippen LogP contribution is -2.37. The van der Waals surface area contributed by atoms with E-state index in [-0.39, 0.29) is 5.91 Å². The monoisotopic (exact) mass is 346 g/mol. The Morgan fingerprint density at radius 1 is 1.08 bits per heavy atom. The van der Waals surface area contributed by atoms with Crippen LogP contribution < -0.4 is 5.32 Å². The van der Waals surface area contributed by atoms with Gasteiger partial charge in [0.25, 0.3) is 0 Å². The molecule has 1 spiro atoms. The molecule has 0 radical (unpaired) electrons. The molecule has 6 heteroatoms. The molecule has 1 fully saturated rings. The van der Waals surface area contributed by atoms with Gasteiger partial charge in [-0.2, -0.15) is 13.2 Å². The molecule has 1 N–H and O–H groups in total. The summed E-state index contributed by atoms with van der Waals surface area (Å²) in [5.41, 5.74) is 1.52. The van der Waals surface area contributed by atoms with Crippen LogP contribution in [0.4, 0.5) is 18.9 Å². The van der Waals surface area contributed by atoms with Crippen molar-refractivity contribution in [1.29, 1.82) is 0 Å². The number of amides is 1. The molecule has 0 aliphatic carbocycles. The molecule has 25 heavy (non-hydrogen) atoms. The number of nitrogens with zero attached hydrogens (tertiary/aromatic N) is 1. The third kappa shape index (κ3) is 2.70. The number of para-hydroxylation sites is 1. The van der Waals surface area contributed by atoms with Crippen LogP contribution in [0.1, 0.15) is 23.1 Å². The summed E-state index contributed by atoms with van der Waals surface area (Å²) < 4.78 is 38.0. The molecule has 1 atom stereocenters. The summed E-state index contributed by atoms with van der Waals surface area (Å²) in [4.78, 5) is 14.7. The average molecular weight is 346 g/mol. The number of anilines is 1. The van der Waals surface area contributed by atoms with Crippen LogP contribution >= 0.6 is 0 Å². The van der Waals surface area contributed by atoms with E-state index in [1.165, 1.54) is 12.1 Å². The van der Waals surface area contributed by atoms with Crippen molar-refractivity contribution in [3.63, 3.8) is 0 Å². The quantitative estimate of drug-likeness (QED) is 0.897. The number of carbonyl (C=O) groups is 1. The van der Waals surface area contributed by atoms with Gasteiger partial charge in [-0.1, -0.05) is 30.3 Å². The van der Waals surface area contributed by atoms with Crippen LogP contribution in [0.3, 0.4) is 0 Å². The molecular formula is C19H17F3N2O. The van der Waals surface area contributed by atoms with Gasteiger partial charge < -0.3 is 5.32 Å². The van der Waals surface area contributed by atoms with E-state index in [0.717, 1.165) is 41.9 Å². The highest BCUT2D eigenvalue weighted by molar-refractivity contribution is 6.06. The van der Waals surface area contributed by atoms with Crippen LogP contribution in [0.2, 0.25) is 0 Å². The van der Waals surface area contributed by atoms with E-state index >= 15 is 0 Å². The molecule has 4 rings (SSSR count). The maximum absolute atomic E-state index is 12.7. The third-order valence-corrected chi connectivity index (χ3v) is 5.16. The molecule has 2 aliphatic heterocycles. The zero-order valence-corrected chi connectivity index (χ0v) is 13.4. The number of likely N-dealkylation sites (tertiary alicyclic amines) is 1. The zero-order chi connectivity index (χ0) is 17.7. The van der Waals surface area contributed by atoms with Crippen LogP contribution in [0, 0.1) is 0 Å². The van der Waals surface area contributed by atoms with Crippen LogP contribution in [-0.4, -0.2) is 23.9 Å². The van der Waals surface area contributed by atoms with Gasteiger partial charge >= 0.3 is 6.18 Å². The lowest BCUT2D eigenvalue weighted by molar-refractivity contribution is -0.137. The van der Waals surface area contributed by atoms with E-state index in [1.54, 1.807) is 0 Å². The van der Waals surface area contributed by atoms with E-state index in [0.29, 0.717) is 13.1 Å². The SMILES string of the molecule is O=C1Nc2ccccc2C12CCN(Cc1ccc(C(F)(F)F)cc1)C2. The highest BCUT2D eigenvalue weighted by Gasteiger charge is 2.50. The predicted molar refractivity (Wildman–Crippen MR) is 88.1 cm³/mol. The highest BCUT2D eigenvalue weighted by atomic mass is 19.4. The van der Waals surface area contributed by atoms with Crippen molar-refractivity contribution in [2.45, 2.75) is 24.6 Å². The minimum atomic E-state index is -4.32. The predicted octanol–water partition coefficient (Wildman–Crippen LogP) is 3.80. The number of halogens is 3. The minimum Gasteiger partial charge on any atom is -0.325 e. The van der Waals surface area contributed by atoms with Crippen molar-refractivity contribution >= 4 is 11.6 Å². The molecule has 3 nitrogen and oxygen atoms in total. The Morgan fingerprint density at radius 3 is 2.52 bits per heavy atom. The first-order chi connectivity index (χ1) is 11.9. The second-order valence-electron chi connectivity index (χ2n) is 6.74. The fraction of sp³-hybridized carbons (Fsp3) is 0.316. The summed E-state index contributed by atoms with van der Waals surface area (Å²) in [6, 6.07) is 13.0. The van der Waals surface area contributed by atoms with Gasteiger partial charge in [-0.05, 0) is 42.3 Å². The Morgan fingerprint density at radius 2 is 1.80 bits per heavy atom. The molecule has 1 unspecified atom stereocenters. The first-order valence-corrected chi connectivity index (χ1v) is 8.18. The summed E-state index contributed by atoms with van der Waals surface area (Å²) in [5, 5.41) is 2.95. The van der Waals surface area contributed by atoms with Crippen molar-refractivity contribution in [2.24, 2.45) is 0 Å². The van der Waals surface area contributed by atoms with Crippen LogP contribution in [0.5, 0.6) is 0 Å². The van der Waals surface area contributed by atoms with Crippen molar-refractivity contribution in [3.05, 3.63) is 65.2 Å². The molecule has 0 aromatic heterocycles. The van der Waals surface area contributed by atoms with E-state index in [1.807, 2.05) is 24.3 Å². The second-order valence-corrected chi connectivity index (χ2v) is 6.74. The summed E-state index contributed by atoms with van der Waals surface area (Å²) in [7, 11) is 0. The Hall–Kier alpha value is -2.34. The molecular weight excluding hydrogens is 329 g/mol. The zero-order valence-electron chi connectivity index (χ0n) is 13.4. The Labute approximate surface area is 143 Å². The number of hydrogen-bond acceptors (Lipinski definition) is 2. The van der Waals surface area contributed by atoms with E-state index in [9.17, 15) is 18.0 Å². The molecule has 2 aliphatic rings. The number of benzene rings is 2. The van der Waals surface area contributed by atoms with E-state index in [4.69, 9.17) is 0 Å². The summed E-state index contributed by atoms with van der Waals surface area (Å²) in [5.74, 6) is 0.0172. The summed E-state index contributed by atoms with van der Waals surface area (Å²) >= 11 is 0. The first-order valence-electron chi connectivity index (χ1n) is 8.18. The van der Waals surface area contributed by atoms with E-state index < -0.39 is 17.2 Å². The van der Waals surface area contributed by atoms with Crippen LogP contribution in [0.25, 0.3) is 0 Å². The smallest absolute Gasteiger partial charge is 0.325 e. The molecule has 2 aromatic carbocycles. The van der Waals surface area contributed by atoms with Crippen LogP contribution in [0.15, 0.2) is 48.5 Å². The minimum absolute atomic E-state index is 0.0172. The molecule has 130 valence electrons. The first kappa shape index (κ1) is 16.1. The molecule has 0 saturated carbocycles. The van der Waals surface area contributed by atoms with Gasteiger partial charge in [-0.25, -0.2) is 0 Å². The molecule has 0 bridgehead atoms.